The maximum Gasteiger partial charge on any atom is 0.321 e. The average molecular weight is 384 g/mol. The Balaban J connectivity index is 1.55. The molecule has 0 aliphatic carbocycles. The molecule has 0 atom stereocenters. The first-order chi connectivity index (χ1) is 13.0. The van der Waals surface area contributed by atoms with Crippen molar-refractivity contribution in [3.63, 3.8) is 0 Å². The second-order valence-corrected chi connectivity index (χ2v) is 7.38. The van der Waals surface area contributed by atoms with Crippen LogP contribution in [0.1, 0.15) is 22.4 Å². The van der Waals surface area contributed by atoms with E-state index in [9.17, 15) is 14.4 Å². The minimum atomic E-state index is -0.561. The summed E-state index contributed by atoms with van der Waals surface area (Å²) in [5.41, 5.74) is 1.70. The molecule has 0 fully saturated rings. The number of thiophene rings is 1. The van der Waals surface area contributed by atoms with Gasteiger partial charge in [-0.25, -0.2) is 9.78 Å². The number of rotatable bonds is 5. The van der Waals surface area contributed by atoms with Crippen molar-refractivity contribution in [2.75, 3.05) is 0 Å². The number of carbonyl (C=O) groups excluding carboxylic acids is 2. The average Bonchev–Trinajstić information content (AvgIpc) is 2.95. The summed E-state index contributed by atoms with van der Waals surface area (Å²) >= 11 is 1.48. The van der Waals surface area contributed by atoms with Gasteiger partial charge < -0.3 is 5.32 Å². The number of urea groups is 1. The number of benzene rings is 1. The van der Waals surface area contributed by atoms with Gasteiger partial charge in [0.05, 0.1) is 11.7 Å². The monoisotopic (exact) mass is 384 g/mol. The lowest BCUT2D eigenvalue weighted by molar-refractivity contribution is -0.120. The Morgan fingerprint density at radius 2 is 1.93 bits per heavy atom. The third kappa shape index (κ3) is 4.40. The largest absolute Gasteiger partial charge is 0.334 e. The second kappa shape index (κ2) is 8.13. The van der Waals surface area contributed by atoms with E-state index in [1.807, 2.05) is 44.2 Å². The van der Waals surface area contributed by atoms with Gasteiger partial charge in [0.1, 0.15) is 4.83 Å². The van der Waals surface area contributed by atoms with Gasteiger partial charge in [-0.3, -0.25) is 19.5 Å². The number of amides is 3. The topological polar surface area (TPSA) is 93.1 Å². The van der Waals surface area contributed by atoms with E-state index >= 15 is 0 Å². The van der Waals surface area contributed by atoms with Gasteiger partial charge in [0, 0.05) is 24.4 Å². The Labute approximate surface area is 160 Å². The molecular formula is C19H20N4O3S. The van der Waals surface area contributed by atoms with Crippen LogP contribution in [0.3, 0.4) is 0 Å². The molecule has 2 N–H and O–H groups in total. The molecule has 0 aliphatic heterocycles. The van der Waals surface area contributed by atoms with Crippen LogP contribution in [-0.2, 0) is 17.9 Å². The van der Waals surface area contributed by atoms with Crippen LogP contribution in [0, 0.1) is 13.8 Å². The van der Waals surface area contributed by atoms with Gasteiger partial charge >= 0.3 is 6.03 Å². The standard InChI is InChI=1S/C19H20N4O3S/c1-12-13(2)27-17-16(12)18(25)23(11-21-17)9-8-15(24)22-19(26)20-10-14-6-4-3-5-7-14/h3-7,11H,8-10H2,1-2H3,(H2,20,22,24,26). The Morgan fingerprint density at radius 1 is 1.19 bits per heavy atom. The van der Waals surface area contributed by atoms with Crippen LogP contribution in [-0.4, -0.2) is 21.5 Å². The number of carbonyl (C=O) groups is 2. The summed E-state index contributed by atoms with van der Waals surface area (Å²) in [5, 5.41) is 5.49. The van der Waals surface area contributed by atoms with E-state index in [1.54, 1.807) is 0 Å². The van der Waals surface area contributed by atoms with Crippen LogP contribution < -0.4 is 16.2 Å². The van der Waals surface area contributed by atoms with Crippen molar-refractivity contribution >= 4 is 33.5 Å². The van der Waals surface area contributed by atoms with Gasteiger partial charge in [0.15, 0.2) is 0 Å². The molecule has 0 radical (unpaired) electrons. The number of nitrogens with zero attached hydrogens (tertiary/aromatic N) is 2. The molecule has 3 rings (SSSR count). The van der Waals surface area contributed by atoms with Crippen LogP contribution in [0.2, 0.25) is 0 Å². The molecule has 1 aromatic carbocycles. The highest BCUT2D eigenvalue weighted by Crippen LogP contribution is 2.25. The minimum absolute atomic E-state index is 0.00795. The highest BCUT2D eigenvalue weighted by Gasteiger charge is 2.13. The van der Waals surface area contributed by atoms with Gasteiger partial charge in [-0.1, -0.05) is 30.3 Å². The summed E-state index contributed by atoms with van der Waals surface area (Å²) in [6, 6.07) is 8.84. The van der Waals surface area contributed by atoms with Gasteiger partial charge in [0.25, 0.3) is 5.56 Å². The third-order valence-electron chi connectivity index (χ3n) is 4.28. The number of nitrogens with one attached hydrogen (secondary N) is 2. The quantitative estimate of drug-likeness (QED) is 0.707. The molecule has 2 aromatic heterocycles. The fourth-order valence-electron chi connectivity index (χ4n) is 2.66. The molecule has 3 aromatic rings. The SMILES string of the molecule is Cc1sc2ncn(CCC(=O)NC(=O)NCc3ccccc3)c(=O)c2c1C. The molecule has 2 heterocycles. The Kier molecular flexibility index (Phi) is 5.66. The Bertz CT molecular complexity index is 1040. The zero-order valence-corrected chi connectivity index (χ0v) is 15.9. The van der Waals surface area contributed by atoms with Crippen LogP contribution >= 0.6 is 11.3 Å². The maximum atomic E-state index is 12.6. The van der Waals surface area contributed by atoms with Crippen molar-refractivity contribution in [2.45, 2.75) is 33.4 Å². The zero-order valence-electron chi connectivity index (χ0n) is 15.1. The molecular weight excluding hydrogens is 364 g/mol. The number of fused-ring (bicyclic) bond motifs is 1. The van der Waals surface area contributed by atoms with Gasteiger partial charge in [-0.15, -0.1) is 11.3 Å². The molecule has 0 saturated heterocycles. The summed E-state index contributed by atoms with van der Waals surface area (Å²) in [6.45, 7) is 4.34. The van der Waals surface area contributed by atoms with E-state index in [1.165, 1.54) is 22.2 Å². The molecule has 0 saturated carbocycles. The number of hydrogen-bond acceptors (Lipinski definition) is 5. The summed E-state index contributed by atoms with van der Waals surface area (Å²) in [6.07, 6.45) is 1.46. The minimum Gasteiger partial charge on any atom is -0.334 e. The number of hydrogen-bond donors (Lipinski definition) is 2. The summed E-state index contributed by atoms with van der Waals surface area (Å²) in [5.74, 6) is -0.453. The van der Waals surface area contributed by atoms with Crippen molar-refractivity contribution in [1.29, 1.82) is 0 Å². The molecule has 0 spiro atoms. The molecule has 7 nitrogen and oxygen atoms in total. The van der Waals surface area contributed by atoms with Gasteiger partial charge in [-0.2, -0.15) is 0 Å². The number of aromatic nitrogens is 2. The summed E-state index contributed by atoms with van der Waals surface area (Å²) < 4.78 is 1.41. The molecule has 0 bridgehead atoms. The number of imide groups is 1. The van der Waals surface area contributed by atoms with Gasteiger partial charge in [-0.05, 0) is 25.0 Å². The number of aryl methyl sites for hydroxylation is 3. The van der Waals surface area contributed by atoms with Crippen LogP contribution in [0.25, 0.3) is 10.2 Å². The highest BCUT2D eigenvalue weighted by atomic mass is 32.1. The van der Waals surface area contributed by atoms with Crippen molar-refractivity contribution in [3.05, 3.63) is 63.0 Å². The van der Waals surface area contributed by atoms with Crippen molar-refractivity contribution < 1.29 is 9.59 Å². The molecule has 140 valence electrons. The highest BCUT2D eigenvalue weighted by molar-refractivity contribution is 7.18. The van der Waals surface area contributed by atoms with Crippen molar-refractivity contribution in [1.82, 2.24) is 20.2 Å². The summed E-state index contributed by atoms with van der Waals surface area (Å²) in [7, 11) is 0. The van der Waals surface area contributed by atoms with E-state index < -0.39 is 11.9 Å². The fourth-order valence-corrected chi connectivity index (χ4v) is 3.65. The lowest BCUT2D eigenvalue weighted by Crippen LogP contribution is -2.39. The van der Waals surface area contributed by atoms with E-state index in [0.717, 1.165) is 16.0 Å². The third-order valence-corrected chi connectivity index (χ3v) is 5.40. The zero-order chi connectivity index (χ0) is 19.4. The molecule has 27 heavy (non-hydrogen) atoms. The first kappa shape index (κ1) is 18.8. The Morgan fingerprint density at radius 3 is 2.67 bits per heavy atom. The fraction of sp³-hybridized carbons (Fsp3) is 0.263. The van der Waals surface area contributed by atoms with Crippen LogP contribution in [0.5, 0.6) is 0 Å². The normalized spacial score (nSPS) is 10.7. The maximum absolute atomic E-state index is 12.6. The van der Waals surface area contributed by atoms with Crippen LogP contribution in [0.15, 0.2) is 41.5 Å². The predicted molar refractivity (Wildman–Crippen MR) is 105 cm³/mol. The van der Waals surface area contributed by atoms with Gasteiger partial charge in [0.2, 0.25) is 5.91 Å². The first-order valence-corrected chi connectivity index (χ1v) is 9.34. The second-order valence-electron chi connectivity index (χ2n) is 6.17. The van der Waals surface area contributed by atoms with E-state index in [-0.39, 0.29) is 18.5 Å². The first-order valence-electron chi connectivity index (χ1n) is 8.52. The molecule has 0 aliphatic rings. The smallest absolute Gasteiger partial charge is 0.321 e. The predicted octanol–water partition coefficient (Wildman–Crippen LogP) is 2.49. The lowest BCUT2D eigenvalue weighted by atomic mass is 10.2. The van der Waals surface area contributed by atoms with E-state index in [4.69, 9.17) is 0 Å². The van der Waals surface area contributed by atoms with Crippen molar-refractivity contribution in [2.24, 2.45) is 0 Å². The summed E-state index contributed by atoms with van der Waals surface area (Å²) in [4.78, 5) is 42.4. The van der Waals surface area contributed by atoms with E-state index in [0.29, 0.717) is 16.8 Å². The Hall–Kier alpha value is -3.00. The van der Waals surface area contributed by atoms with E-state index in [2.05, 4.69) is 15.6 Å². The lowest BCUT2D eigenvalue weighted by Gasteiger charge is -2.08. The van der Waals surface area contributed by atoms with Crippen molar-refractivity contribution in [3.8, 4) is 0 Å². The van der Waals surface area contributed by atoms with Crippen LogP contribution in [0.4, 0.5) is 4.79 Å². The molecule has 8 heteroatoms. The molecule has 3 amide bonds. The molecule has 0 unspecified atom stereocenters.